The molecule has 3 fully saturated rings. The maximum absolute atomic E-state index is 15.2. The van der Waals surface area contributed by atoms with Gasteiger partial charge in [-0.15, -0.1) is 0 Å². The lowest BCUT2D eigenvalue weighted by Gasteiger charge is -2.29. The van der Waals surface area contributed by atoms with Gasteiger partial charge in [-0.2, -0.15) is 13.9 Å². The first kappa shape index (κ1) is 27.2. The van der Waals surface area contributed by atoms with Gasteiger partial charge in [0.1, 0.15) is 23.1 Å². The monoisotopic (exact) mass is 542 g/mol. The van der Waals surface area contributed by atoms with Crippen LogP contribution in [0.25, 0.3) is 0 Å². The number of rotatable bonds is 11. The van der Waals surface area contributed by atoms with Crippen LogP contribution in [0.2, 0.25) is 0 Å². The molecule has 0 spiro atoms. The summed E-state index contributed by atoms with van der Waals surface area (Å²) in [5, 5.41) is 10.3. The van der Waals surface area contributed by atoms with Crippen LogP contribution >= 0.6 is 0 Å². The predicted octanol–water partition coefficient (Wildman–Crippen LogP) is 5.48. The van der Waals surface area contributed by atoms with E-state index >= 15 is 4.39 Å². The zero-order valence-electron chi connectivity index (χ0n) is 22.0. The standard InChI is InChI=1S/C29H33F3N4O3/c1-16(2)36-25(9-10-33-36)29(38)35-28(27(17-3-4-17)18-5-6-18)24(13-37)34-20-7-8-21(23(30)12-20)22-15-39-14-19(22)11-26(31)32/h7-12,16-19,22,27-28,34H,3-6,14-15H2,1-2H3,(H,35,38)/t19-,22-,28-/m1/s1. The zero-order chi connectivity index (χ0) is 27.7. The average molecular weight is 543 g/mol. The number of hydrogen-bond acceptors (Lipinski definition) is 5. The number of carbonyl (C=O) groups excluding carboxylic acids is 2. The van der Waals surface area contributed by atoms with E-state index in [2.05, 4.69) is 15.7 Å². The van der Waals surface area contributed by atoms with E-state index in [-0.39, 0.29) is 42.3 Å². The molecule has 2 heterocycles. The van der Waals surface area contributed by atoms with Gasteiger partial charge in [0.05, 0.1) is 19.3 Å². The van der Waals surface area contributed by atoms with E-state index in [1.165, 1.54) is 12.1 Å². The predicted molar refractivity (Wildman–Crippen MR) is 139 cm³/mol. The molecule has 3 aliphatic rings. The number of nitrogens with one attached hydrogen (secondary N) is 2. The Hall–Kier alpha value is -3.36. The van der Waals surface area contributed by atoms with Gasteiger partial charge in [-0.1, -0.05) is 6.07 Å². The quantitative estimate of drug-likeness (QED) is 0.368. The zero-order valence-corrected chi connectivity index (χ0v) is 22.0. The third-order valence-electron chi connectivity index (χ3n) is 7.96. The van der Waals surface area contributed by atoms with Gasteiger partial charge in [0.15, 0.2) is 0 Å². The summed E-state index contributed by atoms with van der Waals surface area (Å²) in [5.41, 5.74) is 1.12. The molecule has 1 aliphatic heterocycles. The van der Waals surface area contributed by atoms with Gasteiger partial charge < -0.3 is 15.4 Å². The molecule has 3 atom stereocenters. The molecule has 5 rings (SSSR count). The van der Waals surface area contributed by atoms with E-state index < -0.39 is 29.8 Å². The fourth-order valence-electron chi connectivity index (χ4n) is 5.82. The normalized spacial score (nSPS) is 21.5. The molecule has 1 amide bonds. The Kier molecular flexibility index (Phi) is 7.96. The van der Waals surface area contributed by atoms with Crippen LogP contribution < -0.4 is 10.6 Å². The molecule has 39 heavy (non-hydrogen) atoms. The Morgan fingerprint density at radius 3 is 2.46 bits per heavy atom. The lowest BCUT2D eigenvalue weighted by atomic mass is 9.87. The highest BCUT2D eigenvalue weighted by atomic mass is 19.3. The van der Waals surface area contributed by atoms with E-state index in [0.717, 1.165) is 31.8 Å². The third kappa shape index (κ3) is 6.12. The summed E-state index contributed by atoms with van der Waals surface area (Å²) in [5.74, 6) is 0.766. The highest BCUT2D eigenvalue weighted by Gasteiger charge is 2.47. The van der Waals surface area contributed by atoms with E-state index in [1.54, 1.807) is 23.0 Å². The van der Waals surface area contributed by atoms with E-state index in [9.17, 15) is 18.4 Å². The summed E-state index contributed by atoms with van der Waals surface area (Å²) in [6, 6.07) is 5.38. The molecule has 0 radical (unpaired) electrons. The first-order chi connectivity index (χ1) is 18.8. The fraction of sp³-hybridized carbons (Fsp3) is 0.517. The lowest BCUT2D eigenvalue weighted by Crippen LogP contribution is -2.46. The minimum atomic E-state index is -1.82. The molecule has 1 aromatic carbocycles. The first-order valence-corrected chi connectivity index (χ1v) is 13.5. The summed E-state index contributed by atoms with van der Waals surface area (Å²) in [7, 11) is 0. The van der Waals surface area contributed by atoms with Crippen molar-refractivity contribution in [3.63, 3.8) is 0 Å². The Balaban J connectivity index is 1.39. The smallest absolute Gasteiger partial charge is 0.270 e. The van der Waals surface area contributed by atoms with E-state index in [4.69, 9.17) is 4.74 Å². The summed E-state index contributed by atoms with van der Waals surface area (Å²) >= 11 is 0. The third-order valence-corrected chi connectivity index (χ3v) is 7.96. The molecule has 2 aliphatic carbocycles. The molecule has 0 unspecified atom stereocenters. The minimum Gasteiger partial charge on any atom is -0.380 e. The van der Waals surface area contributed by atoms with Gasteiger partial charge in [-0.05, 0) is 87.1 Å². The van der Waals surface area contributed by atoms with Crippen LogP contribution in [0.4, 0.5) is 18.9 Å². The van der Waals surface area contributed by atoms with Crippen molar-refractivity contribution in [3.8, 4) is 0 Å². The first-order valence-electron chi connectivity index (χ1n) is 13.5. The Labute approximate surface area is 225 Å². The Bertz CT molecular complexity index is 1280. The fourth-order valence-corrected chi connectivity index (χ4v) is 5.82. The van der Waals surface area contributed by atoms with Crippen molar-refractivity contribution < 1.29 is 27.5 Å². The second-order valence-corrected chi connectivity index (χ2v) is 11.1. The lowest BCUT2D eigenvalue weighted by molar-refractivity contribution is 0.0911. The molecule has 208 valence electrons. The molecule has 2 N–H and O–H groups in total. The van der Waals surface area contributed by atoms with Gasteiger partial charge in [0.2, 0.25) is 0 Å². The number of ether oxygens (including phenoxy) is 1. The number of aromatic nitrogens is 2. The van der Waals surface area contributed by atoms with Crippen molar-refractivity contribution in [2.24, 2.45) is 23.7 Å². The number of amides is 1. The minimum absolute atomic E-state index is 0.0238. The highest BCUT2D eigenvalue weighted by Crippen LogP contribution is 2.51. The maximum atomic E-state index is 15.2. The van der Waals surface area contributed by atoms with Gasteiger partial charge in [-0.3, -0.25) is 9.48 Å². The number of nitrogens with zero attached hydrogens (tertiary/aromatic N) is 2. The van der Waals surface area contributed by atoms with Crippen molar-refractivity contribution >= 4 is 17.5 Å². The van der Waals surface area contributed by atoms with Crippen LogP contribution in [0, 0.1) is 29.5 Å². The van der Waals surface area contributed by atoms with Crippen LogP contribution in [-0.4, -0.2) is 40.9 Å². The number of carbonyl (C=O) groups is 1. The topological polar surface area (TPSA) is 85.2 Å². The largest absolute Gasteiger partial charge is 0.380 e. The maximum Gasteiger partial charge on any atom is 0.270 e. The number of benzene rings is 1. The highest BCUT2D eigenvalue weighted by molar-refractivity contribution is 5.93. The van der Waals surface area contributed by atoms with Crippen LogP contribution in [0.3, 0.4) is 0 Å². The summed E-state index contributed by atoms with van der Waals surface area (Å²) in [6.07, 6.45) is 4.69. The summed E-state index contributed by atoms with van der Waals surface area (Å²) in [6.45, 7) is 4.10. The molecule has 10 heteroatoms. The molecular weight excluding hydrogens is 509 g/mol. The average Bonchev–Trinajstić information content (AvgIpc) is 3.81. The van der Waals surface area contributed by atoms with Crippen molar-refractivity contribution in [1.29, 1.82) is 0 Å². The number of halogens is 3. The van der Waals surface area contributed by atoms with E-state index in [0.29, 0.717) is 23.2 Å². The van der Waals surface area contributed by atoms with Gasteiger partial charge in [0, 0.05) is 29.8 Å². The van der Waals surface area contributed by atoms with Crippen molar-refractivity contribution in [2.45, 2.75) is 57.5 Å². The second-order valence-electron chi connectivity index (χ2n) is 11.1. The van der Waals surface area contributed by atoms with Crippen molar-refractivity contribution in [3.05, 3.63) is 65.4 Å². The van der Waals surface area contributed by atoms with Crippen LogP contribution in [0.1, 0.15) is 67.5 Å². The van der Waals surface area contributed by atoms with Gasteiger partial charge in [-0.25, -0.2) is 9.18 Å². The molecule has 2 saturated carbocycles. The number of hydrogen-bond donors (Lipinski definition) is 2. The van der Waals surface area contributed by atoms with Gasteiger partial charge in [0.25, 0.3) is 12.0 Å². The van der Waals surface area contributed by atoms with Crippen molar-refractivity contribution in [1.82, 2.24) is 15.1 Å². The Morgan fingerprint density at radius 2 is 1.87 bits per heavy atom. The molecule has 1 saturated heterocycles. The van der Waals surface area contributed by atoms with Gasteiger partial charge >= 0.3 is 0 Å². The Morgan fingerprint density at radius 1 is 1.15 bits per heavy atom. The SMILES string of the molecule is CC(C)n1nccc1C(=O)N[C@H](C(=C=O)Nc1ccc([C@@H]2COC[C@H]2C=C(F)F)c(F)c1)C(C1CC1)C1CC1. The molecule has 1 aromatic heterocycles. The molecule has 2 aromatic rings. The molecule has 7 nitrogen and oxygen atoms in total. The second kappa shape index (κ2) is 11.4. The summed E-state index contributed by atoms with van der Waals surface area (Å²) < 4.78 is 47.9. The van der Waals surface area contributed by atoms with Crippen LogP contribution in [0.15, 0.2) is 48.3 Å². The molecular formula is C29H33F3N4O3. The van der Waals surface area contributed by atoms with Crippen LogP contribution in [-0.2, 0) is 9.53 Å². The van der Waals surface area contributed by atoms with E-state index in [1.807, 2.05) is 19.8 Å². The van der Waals surface area contributed by atoms with Crippen LogP contribution in [0.5, 0.6) is 0 Å². The summed E-state index contributed by atoms with van der Waals surface area (Å²) in [4.78, 5) is 25.7. The number of anilines is 1. The van der Waals surface area contributed by atoms with Crippen molar-refractivity contribution in [2.75, 3.05) is 18.5 Å². The molecule has 0 bridgehead atoms.